The summed E-state index contributed by atoms with van der Waals surface area (Å²) in [4.78, 5) is 7.44. The molecule has 0 aliphatic rings. The molecule has 0 atom stereocenters. The number of nitrogens with two attached hydrogens (primary N) is 1. The van der Waals surface area contributed by atoms with Crippen molar-refractivity contribution in [1.29, 1.82) is 0 Å². The van der Waals surface area contributed by atoms with Crippen LogP contribution in [-0.2, 0) is 10.0 Å². The molecular formula is C11H10Cl2N4O2S. The maximum atomic E-state index is 12.3. The van der Waals surface area contributed by atoms with Gasteiger partial charge in [-0.1, -0.05) is 17.7 Å². The minimum atomic E-state index is -3.84. The number of hydrogen-bond acceptors (Lipinski definition) is 5. The Morgan fingerprint density at radius 3 is 2.60 bits per heavy atom. The molecule has 0 aliphatic heterocycles. The first-order valence-electron chi connectivity index (χ1n) is 5.37. The maximum absolute atomic E-state index is 12.3. The molecule has 9 heteroatoms. The van der Waals surface area contributed by atoms with Crippen LogP contribution in [0.2, 0.25) is 10.4 Å². The van der Waals surface area contributed by atoms with Crippen LogP contribution in [0.1, 0.15) is 5.56 Å². The van der Waals surface area contributed by atoms with E-state index >= 15 is 0 Å². The monoisotopic (exact) mass is 332 g/mol. The Morgan fingerprint density at radius 1 is 1.25 bits per heavy atom. The van der Waals surface area contributed by atoms with Gasteiger partial charge in [0.25, 0.3) is 10.0 Å². The van der Waals surface area contributed by atoms with Crippen LogP contribution in [0.25, 0.3) is 0 Å². The minimum Gasteiger partial charge on any atom is -0.398 e. The third-order valence-corrected chi connectivity index (χ3v) is 4.38. The molecule has 106 valence electrons. The molecule has 0 saturated heterocycles. The predicted molar refractivity (Wildman–Crippen MR) is 78.5 cm³/mol. The van der Waals surface area contributed by atoms with Gasteiger partial charge in [-0.2, -0.15) is 4.98 Å². The highest BCUT2D eigenvalue weighted by molar-refractivity contribution is 7.92. The summed E-state index contributed by atoms with van der Waals surface area (Å²) in [5, 5.41) is -0.119. The van der Waals surface area contributed by atoms with E-state index in [9.17, 15) is 8.42 Å². The standard InChI is InChI=1S/C11H10Cl2N4O2S/c1-6-7(14)3-2-4-8(6)20(18,19)17-10-5-9(12)15-11(13)16-10/h2-5H,14H2,1H3,(H,15,16,17). The molecule has 1 aromatic heterocycles. The fourth-order valence-electron chi connectivity index (χ4n) is 1.56. The molecule has 2 aromatic rings. The molecule has 6 nitrogen and oxygen atoms in total. The van der Waals surface area contributed by atoms with Gasteiger partial charge in [-0.3, -0.25) is 4.72 Å². The van der Waals surface area contributed by atoms with Crippen LogP contribution in [0.4, 0.5) is 11.5 Å². The van der Waals surface area contributed by atoms with Gasteiger partial charge < -0.3 is 5.73 Å². The SMILES string of the molecule is Cc1c(N)cccc1S(=O)(=O)Nc1cc(Cl)nc(Cl)n1. The lowest BCUT2D eigenvalue weighted by atomic mass is 10.2. The third-order valence-electron chi connectivity index (χ3n) is 2.52. The fourth-order valence-corrected chi connectivity index (χ4v) is 3.23. The van der Waals surface area contributed by atoms with E-state index in [1.165, 1.54) is 12.1 Å². The summed E-state index contributed by atoms with van der Waals surface area (Å²) in [7, 11) is -3.84. The Bertz CT molecular complexity index is 745. The van der Waals surface area contributed by atoms with E-state index in [2.05, 4.69) is 14.7 Å². The number of sulfonamides is 1. The number of nitrogens with one attached hydrogen (secondary N) is 1. The number of aromatic nitrogens is 2. The van der Waals surface area contributed by atoms with Crippen molar-refractivity contribution in [3.8, 4) is 0 Å². The molecule has 20 heavy (non-hydrogen) atoms. The van der Waals surface area contributed by atoms with Crippen molar-refractivity contribution in [3.63, 3.8) is 0 Å². The zero-order valence-corrected chi connectivity index (χ0v) is 12.6. The summed E-state index contributed by atoms with van der Waals surface area (Å²) >= 11 is 11.3. The molecule has 3 N–H and O–H groups in total. The topological polar surface area (TPSA) is 98.0 Å². The molecule has 0 amide bonds. The molecule has 0 spiro atoms. The molecule has 0 aliphatic carbocycles. The van der Waals surface area contributed by atoms with Crippen LogP contribution in [0.3, 0.4) is 0 Å². The first-order chi connectivity index (χ1) is 9.29. The lowest BCUT2D eigenvalue weighted by molar-refractivity contribution is 0.600. The first-order valence-corrected chi connectivity index (χ1v) is 7.61. The zero-order chi connectivity index (χ0) is 14.9. The maximum Gasteiger partial charge on any atom is 0.263 e. The Morgan fingerprint density at radius 2 is 1.95 bits per heavy atom. The Balaban J connectivity index is 2.43. The van der Waals surface area contributed by atoms with Crippen molar-refractivity contribution in [3.05, 3.63) is 40.3 Å². The molecule has 0 fully saturated rings. The van der Waals surface area contributed by atoms with Gasteiger partial charge in [0.2, 0.25) is 5.28 Å². The summed E-state index contributed by atoms with van der Waals surface area (Å²) in [6.45, 7) is 1.61. The number of anilines is 2. The van der Waals surface area contributed by atoms with E-state index in [1.54, 1.807) is 19.1 Å². The second-order valence-corrected chi connectivity index (χ2v) is 6.30. The van der Waals surface area contributed by atoms with Crippen LogP contribution in [0.5, 0.6) is 0 Å². The van der Waals surface area contributed by atoms with Crippen molar-refractivity contribution < 1.29 is 8.42 Å². The second kappa shape index (κ2) is 5.43. The highest BCUT2D eigenvalue weighted by Gasteiger charge is 2.19. The number of rotatable bonds is 3. The number of benzene rings is 1. The lowest BCUT2D eigenvalue weighted by Gasteiger charge is -2.11. The zero-order valence-electron chi connectivity index (χ0n) is 10.3. The molecule has 2 rings (SSSR count). The summed E-state index contributed by atoms with van der Waals surface area (Å²) in [5.74, 6) is -0.0168. The predicted octanol–water partition coefficient (Wildman–Crippen LogP) is 2.47. The number of nitrogen functional groups attached to an aromatic ring is 1. The average Bonchev–Trinajstić information content (AvgIpc) is 2.30. The molecule has 0 saturated carbocycles. The van der Waals surface area contributed by atoms with Crippen molar-refractivity contribution in [2.75, 3.05) is 10.5 Å². The largest absolute Gasteiger partial charge is 0.398 e. The third kappa shape index (κ3) is 3.12. The Hall–Kier alpha value is -1.57. The molecule has 0 radical (unpaired) electrons. The van der Waals surface area contributed by atoms with Crippen molar-refractivity contribution in [2.24, 2.45) is 0 Å². The minimum absolute atomic E-state index is 0.0168. The number of nitrogens with zero attached hydrogens (tertiary/aromatic N) is 2. The normalized spacial score (nSPS) is 11.3. The molecule has 1 heterocycles. The van der Waals surface area contributed by atoms with Gasteiger partial charge >= 0.3 is 0 Å². The molecule has 0 unspecified atom stereocenters. The van der Waals surface area contributed by atoms with Gasteiger partial charge in [0.1, 0.15) is 11.0 Å². The van der Waals surface area contributed by atoms with Crippen LogP contribution in [0.15, 0.2) is 29.2 Å². The van der Waals surface area contributed by atoms with Crippen LogP contribution < -0.4 is 10.5 Å². The quantitative estimate of drug-likeness (QED) is 0.511. The summed E-state index contributed by atoms with van der Waals surface area (Å²) in [5.41, 5.74) is 6.53. The van der Waals surface area contributed by atoms with E-state index in [-0.39, 0.29) is 21.2 Å². The van der Waals surface area contributed by atoms with E-state index in [4.69, 9.17) is 28.9 Å². The summed E-state index contributed by atoms with van der Waals surface area (Å²) in [6.07, 6.45) is 0. The van der Waals surface area contributed by atoms with Crippen LogP contribution in [-0.4, -0.2) is 18.4 Å². The van der Waals surface area contributed by atoms with Crippen LogP contribution >= 0.6 is 23.2 Å². The van der Waals surface area contributed by atoms with Gasteiger partial charge in [-0.05, 0) is 36.2 Å². The van der Waals surface area contributed by atoms with Gasteiger partial charge in [-0.25, -0.2) is 13.4 Å². The van der Waals surface area contributed by atoms with Crippen molar-refractivity contribution >= 4 is 44.7 Å². The van der Waals surface area contributed by atoms with Crippen molar-refractivity contribution in [2.45, 2.75) is 11.8 Å². The molecular weight excluding hydrogens is 323 g/mol. The van der Waals surface area contributed by atoms with E-state index < -0.39 is 10.0 Å². The summed E-state index contributed by atoms with van der Waals surface area (Å²) < 4.78 is 26.8. The highest BCUT2D eigenvalue weighted by atomic mass is 35.5. The first kappa shape index (κ1) is 14.8. The van der Waals surface area contributed by atoms with Crippen molar-refractivity contribution in [1.82, 2.24) is 9.97 Å². The average molecular weight is 333 g/mol. The fraction of sp³-hybridized carbons (Fsp3) is 0.0909. The Labute approximate surface area is 126 Å². The van der Waals surface area contributed by atoms with Crippen LogP contribution in [0, 0.1) is 6.92 Å². The van der Waals surface area contributed by atoms with E-state index in [1.807, 2.05) is 0 Å². The second-order valence-electron chi connectivity index (χ2n) is 3.92. The van der Waals surface area contributed by atoms with Gasteiger partial charge in [0.05, 0.1) is 4.90 Å². The Kier molecular flexibility index (Phi) is 4.03. The summed E-state index contributed by atoms with van der Waals surface area (Å²) in [6, 6.07) is 5.87. The van der Waals surface area contributed by atoms with Gasteiger partial charge in [-0.15, -0.1) is 0 Å². The van der Waals surface area contributed by atoms with E-state index in [0.717, 1.165) is 0 Å². The van der Waals surface area contributed by atoms with Gasteiger partial charge in [0.15, 0.2) is 0 Å². The number of hydrogen-bond donors (Lipinski definition) is 2. The van der Waals surface area contributed by atoms with E-state index in [0.29, 0.717) is 11.3 Å². The highest BCUT2D eigenvalue weighted by Crippen LogP contribution is 2.23. The number of halogens is 2. The van der Waals surface area contributed by atoms with Gasteiger partial charge in [0, 0.05) is 11.8 Å². The molecule has 1 aromatic carbocycles. The smallest absolute Gasteiger partial charge is 0.263 e. The molecule has 0 bridgehead atoms. The lowest BCUT2D eigenvalue weighted by Crippen LogP contribution is -2.16.